The number of hydrogen-bond acceptors (Lipinski definition) is 1. The van der Waals surface area contributed by atoms with E-state index in [1.807, 2.05) is 0 Å². The van der Waals surface area contributed by atoms with E-state index >= 15 is 0 Å². The molecule has 0 aromatic heterocycles. The van der Waals surface area contributed by atoms with E-state index in [0.717, 1.165) is 17.9 Å². The molecule has 1 saturated heterocycles. The van der Waals surface area contributed by atoms with Gasteiger partial charge in [0.05, 0.1) is 6.10 Å². The minimum Gasteiger partial charge on any atom is -0.378 e. The van der Waals surface area contributed by atoms with Crippen LogP contribution in [0, 0.1) is 5.92 Å². The summed E-state index contributed by atoms with van der Waals surface area (Å²) in [6, 6.07) is 0. The number of ether oxygens (including phenoxy) is 1. The molecule has 0 aromatic carbocycles. The summed E-state index contributed by atoms with van der Waals surface area (Å²) < 4.78 is 5.44. The van der Waals surface area contributed by atoms with Gasteiger partial charge in [-0.05, 0) is 32.1 Å². The molecule has 0 bridgehead atoms. The highest BCUT2D eigenvalue weighted by atomic mass is 79.9. The zero-order chi connectivity index (χ0) is 7.40. The molecule has 0 N–H and O–H groups in total. The molecular weight excluding hydrogens is 192 g/mol. The fraction of sp³-hybridized carbons (Fsp3) is 1.00. The minimum absolute atomic E-state index is 0.498. The van der Waals surface area contributed by atoms with Gasteiger partial charge in [-0.2, -0.15) is 0 Å². The van der Waals surface area contributed by atoms with E-state index in [0.29, 0.717) is 6.10 Å². The molecule has 0 amide bonds. The minimum atomic E-state index is 0.498. The Kier molecular flexibility index (Phi) is 3.71. The lowest BCUT2D eigenvalue weighted by Gasteiger charge is -2.26. The van der Waals surface area contributed by atoms with E-state index in [9.17, 15) is 0 Å². The van der Waals surface area contributed by atoms with Gasteiger partial charge in [0.15, 0.2) is 0 Å². The summed E-state index contributed by atoms with van der Waals surface area (Å²) in [5, 5.41) is 1.14. The van der Waals surface area contributed by atoms with E-state index in [1.165, 1.54) is 19.3 Å². The summed E-state index contributed by atoms with van der Waals surface area (Å²) in [6.07, 6.45) is 4.33. The lowest BCUT2D eigenvalue weighted by Crippen LogP contribution is -2.23. The highest BCUT2D eigenvalue weighted by Gasteiger charge is 2.17. The van der Waals surface area contributed by atoms with Crippen LogP contribution >= 0.6 is 15.9 Å². The van der Waals surface area contributed by atoms with Crippen molar-refractivity contribution in [3.63, 3.8) is 0 Å². The van der Waals surface area contributed by atoms with Crippen LogP contribution in [-0.2, 0) is 4.74 Å². The fourth-order valence-electron chi connectivity index (χ4n) is 1.51. The Morgan fingerprint density at radius 3 is 3.00 bits per heavy atom. The maximum Gasteiger partial charge on any atom is 0.0549 e. The Morgan fingerprint density at radius 1 is 1.60 bits per heavy atom. The molecule has 1 heterocycles. The van der Waals surface area contributed by atoms with Crippen LogP contribution in [0.15, 0.2) is 0 Å². The molecule has 0 spiro atoms. The fourth-order valence-corrected chi connectivity index (χ4v) is 2.16. The molecule has 60 valence electrons. The second-order valence-corrected chi connectivity index (χ2v) is 3.84. The van der Waals surface area contributed by atoms with Crippen LogP contribution in [-0.4, -0.2) is 18.0 Å². The van der Waals surface area contributed by atoms with Gasteiger partial charge in [0.1, 0.15) is 0 Å². The second-order valence-electron chi connectivity index (χ2n) is 3.05. The predicted octanol–water partition coefficient (Wildman–Crippen LogP) is 2.59. The van der Waals surface area contributed by atoms with E-state index < -0.39 is 0 Å². The average molecular weight is 207 g/mol. The van der Waals surface area contributed by atoms with Crippen LogP contribution in [0.5, 0.6) is 0 Å². The standard InChI is InChI=1S/C8H15BrO/c1-7-6-8(2-4-9)3-5-10-7/h7-8H,2-6H2,1H3. The average Bonchev–Trinajstić information content (AvgIpc) is 1.88. The van der Waals surface area contributed by atoms with Gasteiger partial charge in [-0.25, -0.2) is 0 Å². The topological polar surface area (TPSA) is 9.23 Å². The van der Waals surface area contributed by atoms with Gasteiger partial charge in [0, 0.05) is 11.9 Å². The molecule has 1 aliphatic heterocycles. The summed E-state index contributed by atoms with van der Waals surface area (Å²) in [4.78, 5) is 0. The van der Waals surface area contributed by atoms with E-state index in [4.69, 9.17) is 4.74 Å². The molecule has 1 fully saturated rings. The molecule has 10 heavy (non-hydrogen) atoms. The van der Waals surface area contributed by atoms with Gasteiger partial charge in [0.25, 0.3) is 0 Å². The van der Waals surface area contributed by atoms with Crippen molar-refractivity contribution < 1.29 is 4.74 Å². The lowest BCUT2D eigenvalue weighted by molar-refractivity contribution is 0.00227. The number of halogens is 1. The summed E-state index contributed by atoms with van der Waals surface area (Å²) >= 11 is 3.46. The van der Waals surface area contributed by atoms with Crippen molar-refractivity contribution in [1.82, 2.24) is 0 Å². The van der Waals surface area contributed by atoms with Crippen molar-refractivity contribution in [3.05, 3.63) is 0 Å². The zero-order valence-corrected chi connectivity index (χ0v) is 8.06. The SMILES string of the molecule is CC1CC(CCBr)CCO1. The summed E-state index contributed by atoms with van der Waals surface area (Å²) in [6.45, 7) is 3.14. The molecule has 0 aromatic rings. The van der Waals surface area contributed by atoms with Gasteiger partial charge >= 0.3 is 0 Å². The normalized spacial score (nSPS) is 34.2. The predicted molar refractivity (Wildman–Crippen MR) is 46.5 cm³/mol. The molecular formula is C8H15BrO. The Morgan fingerprint density at radius 2 is 2.40 bits per heavy atom. The van der Waals surface area contributed by atoms with Gasteiger partial charge in [-0.3, -0.25) is 0 Å². The highest BCUT2D eigenvalue weighted by Crippen LogP contribution is 2.23. The Bertz CT molecular complexity index is 93.3. The highest BCUT2D eigenvalue weighted by molar-refractivity contribution is 9.09. The van der Waals surface area contributed by atoms with E-state index in [1.54, 1.807) is 0 Å². The maximum absolute atomic E-state index is 5.44. The van der Waals surface area contributed by atoms with E-state index in [-0.39, 0.29) is 0 Å². The molecule has 0 saturated carbocycles. The van der Waals surface area contributed by atoms with Crippen molar-refractivity contribution in [2.24, 2.45) is 5.92 Å². The van der Waals surface area contributed by atoms with Crippen molar-refractivity contribution in [1.29, 1.82) is 0 Å². The molecule has 1 rings (SSSR count). The first-order chi connectivity index (χ1) is 4.83. The van der Waals surface area contributed by atoms with Crippen molar-refractivity contribution >= 4 is 15.9 Å². The third-order valence-electron chi connectivity index (χ3n) is 2.11. The second kappa shape index (κ2) is 4.35. The molecule has 2 heteroatoms. The Balaban J connectivity index is 2.18. The molecule has 0 radical (unpaired) electrons. The number of alkyl halides is 1. The monoisotopic (exact) mass is 206 g/mol. The van der Waals surface area contributed by atoms with Crippen molar-refractivity contribution in [3.8, 4) is 0 Å². The molecule has 0 aliphatic carbocycles. The first kappa shape index (κ1) is 8.54. The van der Waals surface area contributed by atoms with E-state index in [2.05, 4.69) is 22.9 Å². The quantitative estimate of drug-likeness (QED) is 0.632. The van der Waals surface area contributed by atoms with Crippen LogP contribution in [0.3, 0.4) is 0 Å². The largest absolute Gasteiger partial charge is 0.378 e. The zero-order valence-electron chi connectivity index (χ0n) is 6.48. The van der Waals surface area contributed by atoms with Gasteiger partial charge < -0.3 is 4.74 Å². The molecule has 2 atom stereocenters. The lowest BCUT2D eigenvalue weighted by atomic mass is 9.94. The van der Waals surface area contributed by atoms with Gasteiger partial charge in [-0.1, -0.05) is 15.9 Å². The summed E-state index contributed by atoms with van der Waals surface area (Å²) in [5.74, 6) is 0.906. The first-order valence-electron chi connectivity index (χ1n) is 4.00. The molecule has 1 aliphatic rings. The smallest absolute Gasteiger partial charge is 0.0549 e. The van der Waals surface area contributed by atoms with Gasteiger partial charge in [0.2, 0.25) is 0 Å². The van der Waals surface area contributed by atoms with Crippen LogP contribution in [0.4, 0.5) is 0 Å². The summed E-state index contributed by atoms with van der Waals surface area (Å²) in [5.41, 5.74) is 0. The maximum atomic E-state index is 5.44. The number of rotatable bonds is 2. The van der Waals surface area contributed by atoms with Crippen LogP contribution in [0.25, 0.3) is 0 Å². The Labute approximate surface area is 71.3 Å². The van der Waals surface area contributed by atoms with Gasteiger partial charge in [-0.15, -0.1) is 0 Å². The first-order valence-corrected chi connectivity index (χ1v) is 5.12. The molecule has 2 unspecified atom stereocenters. The van der Waals surface area contributed by atoms with Crippen LogP contribution < -0.4 is 0 Å². The summed E-state index contributed by atoms with van der Waals surface area (Å²) in [7, 11) is 0. The van der Waals surface area contributed by atoms with Crippen LogP contribution in [0.1, 0.15) is 26.2 Å². The van der Waals surface area contributed by atoms with Crippen LogP contribution in [0.2, 0.25) is 0 Å². The molecule has 1 nitrogen and oxygen atoms in total. The third-order valence-corrected chi connectivity index (χ3v) is 2.57. The van der Waals surface area contributed by atoms with Crippen molar-refractivity contribution in [2.45, 2.75) is 32.3 Å². The Hall–Kier alpha value is 0.440. The third kappa shape index (κ3) is 2.59. The number of hydrogen-bond donors (Lipinski definition) is 0. The van der Waals surface area contributed by atoms with Crippen molar-refractivity contribution in [2.75, 3.05) is 11.9 Å².